The molecule has 0 aliphatic carbocycles. The van der Waals surface area contributed by atoms with E-state index < -0.39 is 0 Å². The molecule has 1 amide bonds. The van der Waals surface area contributed by atoms with Gasteiger partial charge in [-0.3, -0.25) is 4.79 Å². The van der Waals surface area contributed by atoms with Gasteiger partial charge in [-0.15, -0.1) is 23.7 Å². The summed E-state index contributed by atoms with van der Waals surface area (Å²) in [6.07, 6.45) is 0.725. The van der Waals surface area contributed by atoms with Crippen LogP contribution in [-0.2, 0) is 11.2 Å². The van der Waals surface area contributed by atoms with Crippen LogP contribution in [0.4, 0.5) is 0 Å². The number of nitrogens with zero attached hydrogens (tertiary/aromatic N) is 2. The molecule has 0 unspecified atom stereocenters. The molecule has 2 heterocycles. The van der Waals surface area contributed by atoms with Gasteiger partial charge in [0.1, 0.15) is 0 Å². The Morgan fingerprint density at radius 3 is 3.00 bits per heavy atom. The van der Waals surface area contributed by atoms with Crippen LogP contribution in [0.15, 0.2) is 20.4 Å². The smallest absolute Gasteiger partial charge is 0.227 e. The summed E-state index contributed by atoms with van der Waals surface area (Å²) < 4.78 is 6.12. The van der Waals surface area contributed by atoms with Crippen molar-refractivity contribution in [2.45, 2.75) is 25.8 Å². The number of rotatable bonds is 6. The minimum absolute atomic E-state index is 0. The molecule has 0 saturated carbocycles. The fourth-order valence-electron chi connectivity index (χ4n) is 1.51. The molecule has 9 heteroatoms. The number of carbonyl (C=O) groups is 1. The number of hydrogen-bond donors (Lipinski definition) is 2. The van der Waals surface area contributed by atoms with Crippen molar-refractivity contribution in [2.75, 3.05) is 6.54 Å². The van der Waals surface area contributed by atoms with Crippen LogP contribution in [0, 0.1) is 0 Å². The number of hydrogen-bond acceptors (Lipinski definition) is 6. The van der Waals surface area contributed by atoms with Gasteiger partial charge in [0.25, 0.3) is 0 Å². The van der Waals surface area contributed by atoms with Gasteiger partial charge in [0.15, 0.2) is 0 Å². The van der Waals surface area contributed by atoms with E-state index >= 15 is 0 Å². The number of halogens is 2. The third-order valence-corrected chi connectivity index (χ3v) is 4.27. The average molecular weight is 396 g/mol. The largest absolute Gasteiger partial charge is 0.352 e. The molecule has 0 aliphatic heterocycles. The Morgan fingerprint density at radius 1 is 1.62 bits per heavy atom. The maximum Gasteiger partial charge on any atom is 0.227 e. The lowest BCUT2D eigenvalue weighted by atomic mass is 10.2. The van der Waals surface area contributed by atoms with Crippen molar-refractivity contribution < 1.29 is 9.32 Å². The minimum atomic E-state index is -0.0680. The van der Waals surface area contributed by atoms with Crippen LogP contribution in [-0.4, -0.2) is 28.6 Å². The predicted octanol–water partition coefficient (Wildman–Crippen LogP) is 2.38. The number of aromatic nitrogens is 2. The van der Waals surface area contributed by atoms with Crippen molar-refractivity contribution in [1.29, 1.82) is 0 Å². The van der Waals surface area contributed by atoms with Crippen LogP contribution in [0.2, 0.25) is 0 Å². The molecule has 2 aromatic heterocycles. The Balaban J connectivity index is 0.00000220. The molecule has 0 spiro atoms. The Kier molecular flexibility index (Phi) is 7.30. The first-order chi connectivity index (χ1) is 9.58. The second-order valence-electron chi connectivity index (χ2n) is 4.35. The standard InChI is InChI=1S/C12H15BrN4O2S.ClH/c1-7(5-14)15-10(18)2-3-11-16-12(17-19-11)9-4-8(13)6-20-9;/h4,6-7H,2-3,5,14H2,1H3,(H,15,18);1H/t7-;/m0./s1. The summed E-state index contributed by atoms with van der Waals surface area (Å²) >= 11 is 4.90. The zero-order chi connectivity index (χ0) is 14.5. The highest BCUT2D eigenvalue weighted by Gasteiger charge is 2.12. The van der Waals surface area contributed by atoms with Crippen molar-refractivity contribution in [3.63, 3.8) is 0 Å². The number of aryl methyl sites for hydroxylation is 1. The Morgan fingerprint density at radius 2 is 2.38 bits per heavy atom. The quantitative estimate of drug-likeness (QED) is 0.783. The molecular weight excluding hydrogens is 380 g/mol. The molecule has 1 atom stereocenters. The van der Waals surface area contributed by atoms with Gasteiger partial charge in [0, 0.05) is 35.3 Å². The molecule has 0 bridgehead atoms. The van der Waals surface area contributed by atoms with Gasteiger partial charge in [0.2, 0.25) is 17.6 Å². The minimum Gasteiger partial charge on any atom is -0.352 e. The normalized spacial score (nSPS) is 11.8. The molecular formula is C12H16BrClN4O2S. The third kappa shape index (κ3) is 5.39. The summed E-state index contributed by atoms with van der Waals surface area (Å²) in [5.74, 6) is 0.938. The van der Waals surface area contributed by atoms with Gasteiger partial charge < -0.3 is 15.6 Å². The fraction of sp³-hybridized carbons (Fsp3) is 0.417. The van der Waals surface area contributed by atoms with Crippen LogP contribution in [0.25, 0.3) is 10.7 Å². The molecule has 116 valence electrons. The van der Waals surface area contributed by atoms with Crippen molar-refractivity contribution in [2.24, 2.45) is 5.73 Å². The van der Waals surface area contributed by atoms with E-state index in [2.05, 4.69) is 31.4 Å². The Hall–Kier alpha value is -0.960. The SMILES string of the molecule is C[C@@H](CN)NC(=O)CCc1nc(-c2cc(Br)cs2)no1.Cl. The van der Waals surface area contributed by atoms with Crippen molar-refractivity contribution in [3.05, 3.63) is 21.8 Å². The second kappa shape index (κ2) is 8.47. The van der Waals surface area contributed by atoms with E-state index in [1.54, 1.807) is 0 Å². The first-order valence-electron chi connectivity index (χ1n) is 6.15. The average Bonchev–Trinajstić information content (AvgIpc) is 3.04. The maximum atomic E-state index is 11.6. The van der Waals surface area contributed by atoms with E-state index in [0.717, 1.165) is 9.35 Å². The van der Waals surface area contributed by atoms with Gasteiger partial charge in [-0.25, -0.2) is 0 Å². The van der Waals surface area contributed by atoms with Crippen LogP contribution in [0.3, 0.4) is 0 Å². The summed E-state index contributed by atoms with van der Waals surface area (Å²) in [6, 6.07) is 1.90. The van der Waals surface area contributed by atoms with Crippen LogP contribution < -0.4 is 11.1 Å². The lowest BCUT2D eigenvalue weighted by Crippen LogP contribution is -2.37. The summed E-state index contributed by atoms with van der Waals surface area (Å²) in [7, 11) is 0. The fourth-order valence-corrected chi connectivity index (χ4v) is 2.86. The Bertz CT molecular complexity index is 589. The number of nitrogens with one attached hydrogen (secondary N) is 1. The summed E-state index contributed by atoms with van der Waals surface area (Å²) in [4.78, 5) is 16.8. The molecule has 2 aromatic rings. The van der Waals surface area contributed by atoms with Crippen molar-refractivity contribution >= 4 is 45.6 Å². The molecule has 0 saturated heterocycles. The molecule has 3 N–H and O–H groups in total. The van der Waals surface area contributed by atoms with E-state index in [9.17, 15) is 4.79 Å². The lowest BCUT2D eigenvalue weighted by molar-refractivity contribution is -0.121. The summed E-state index contributed by atoms with van der Waals surface area (Å²) in [5.41, 5.74) is 5.44. The zero-order valence-electron chi connectivity index (χ0n) is 11.3. The number of carbonyl (C=O) groups excluding carboxylic acids is 1. The van der Waals surface area contributed by atoms with Gasteiger partial charge in [-0.2, -0.15) is 4.98 Å². The van der Waals surface area contributed by atoms with Crippen LogP contribution in [0.5, 0.6) is 0 Å². The highest BCUT2D eigenvalue weighted by molar-refractivity contribution is 9.10. The monoisotopic (exact) mass is 394 g/mol. The zero-order valence-corrected chi connectivity index (χ0v) is 14.6. The highest BCUT2D eigenvalue weighted by Crippen LogP contribution is 2.27. The van der Waals surface area contributed by atoms with Gasteiger partial charge >= 0.3 is 0 Å². The van der Waals surface area contributed by atoms with E-state index in [0.29, 0.717) is 31.1 Å². The van der Waals surface area contributed by atoms with Gasteiger partial charge in [0.05, 0.1) is 4.88 Å². The van der Waals surface area contributed by atoms with Crippen molar-refractivity contribution in [1.82, 2.24) is 15.5 Å². The lowest BCUT2D eigenvalue weighted by Gasteiger charge is -2.09. The number of nitrogens with two attached hydrogens (primary N) is 1. The number of thiophene rings is 1. The first-order valence-corrected chi connectivity index (χ1v) is 7.82. The van der Waals surface area contributed by atoms with E-state index in [-0.39, 0.29) is 24.4 Å². The van der Waals surface area contributed by atoms with Crippen molar-refractivity contribution in [3.8, 4) is 10.7 Å². The third-order valence-electron chi connectivity index (χ3n) is 2.58. The van der Waals surface area contributed by atoms with Crippen LogP contribution >= 0.6 is 39.7 Å². The molecule has 0 aliphatic rings. The molecule has 0 radical (unpaired) electrons. The number of amides is 1. The van der Waals surface area contributed by atoms with E-state index in [1.807, 2.05) is 18.4 Å². The van der Waals surface area contributed by atoms with E-state index in [1.165, 1.54) is 11.3 Å². The van der Waals surface area contributed by atoms with Gasteiger partial charge in [-0.1, -0.05) is 5.16 Å². The highest BCUT2D eigenvalue weighted by atomic mass is 79.9. The van der Waals surface area contributed by atoms with E-state index in [4.69, 9.17) is 10.3 Å². The molecule has 0 aromatic carbocycles. The molecule has 2 rings (SSSR count). The molecule has 0 fully saturated rings. The molecule has 21 heavy (non-hydrogen) atoms. The topological polar surface area (TPSA) is 94.0 Å². The summed E-state index contributed by atoms with van der Waals surface area (Å²) in [5, 5.41) is 8.64. The maximum absolute atomic E-state index is 11.6. The Labute approximate surface area is 141 Å². The first kappa shape index (κ1) is 18.1. The summed E-state index contributed by atoms with van der Waals surface area (Å²) in [6.45, 7) is 2.28. The van der Waals surface area contributed by atoms with Gasteiger partial charge in [-0.05, 0) is 28.9 Å². The van der Waals surface area contributed by atoms with Crippen LogP contribution in [0.1, 0.15) is 19.2 Å². The predicted molar refractivity (Wildman–Crippen MR) is 87.5 cm³/mol. The second-order valence-corrected chi connectivity index (χ2v) is 6.17. The molecule has 6 nitrogen and oxygen atoms in total.